The fourth-order valence-corrected chi connectivity index (χ4v) is 2.51. The van der Waals surface area contributed by atoms with Crippen LogP contribution in [0.2, 0.25) is 0 Å². The molecular formula is C17H24NO. The maximum absolute atomic E-state index is 5.81. The van der Waals surface area contributed by atoms with Crippen molar-refractivity contribution in [3.05, 3.63) is 30.0 Å². The lowest BCUT2D eigenvalue weighted by Crippen LogP contribution is -1.98. The van der Waals surface area contributed by atoms with Crippen LogP contribution < -0.4 is 4.74 Å². The Labute approximate surface area is 116 Å². The zero-order valence-corrected chi connectivity index (χ0v) is 12.3. The Morgan fingerprint density at radius 2 is 2.00 bits per heavy atom. The third-order valence-electron chi connectivity index (χ3n) is 3.56. The highest BCUT2D eigenvalue weighted by atomic mass is 16.5. The standard InChI is InChI=1S/C17H24NO/c1-4-6-7-8-11-19-16-9-10-17-15(13-16)12-14(3)18(17)5-2/h9-10,13H,4-8,11H2,1-3H3. The van der Waals surface area contributed by atoms with Crippen LogP contribution in [0.3, 0.4) is 0 Å². The quantitative estimate of drug-likeness (QED) is 0.655. The molecule has 0 saturated heterocycles. The predicted molar refractivity (Wildman–Crippen MR) is 80.8 cm³/mol. The van der Waals surface area contributed by atoms with Crippen LogP contribution in [-0.4, -0.2) is 11.2 Å². The zero-order chi connectivity index (χ0) is 13.7. The Balaban J connectivity index is 2.01. The van der Waals surface area contributed by atoms with Crippen molar-refractivity contribution in [3.63, 3.8) is 0 Å². The van der Waals surface area contributed by atoms with Crippen LogP contribution in [0.4, 0.5) is 0 Å². The van der Waals surface area contributed by atoms with Gasteiger partial charge in [-0.3, -0.25) is 0 Å². The van der Waals surface area contributed by atoms with Gasteiger partial charge in [0.2, 0.25) is 0 Å². The molecule has 0 spiro atoms. The van der Waals surface area contributed by atoms with Crippen molar-refractivity contribution < 1.29 is 4.74 Å². The third-order valence-corrected chi connectivity index (χ3v) is 3.56. The molecule has 0 saturated carbocycles. The molecular weight excluding hydrogens is 234 g/mol. The minimum atomic E-state index is 0.818. The van der Waals surface area contributed by atoms with Gasteiger partial charge in [0.15, 0.2) is 0 Å². The van der Waals surface area contributed by atoms with Gasteiger partial charge in [-0.25, -0.2) is 0 Å². The topological polar surface area (TPSA) is 14.2 Å². The van der Waals surface area contributed by atoms with E-state index in [1.165, 1.54) is 30.5 Å². The lowest BCUT2D eigenvalue weighted by molar-refractivity contribution is 0.305. The summed E-state index contributed by atoms with van der Waals surface area (Å²) >= 11 is 0. The number of unbranched alkanes of at least 4 members (excludes halogenated alkanes) is 3. The van der Waals surface area contributed by atoms with Crippen LogP contribution in [0.25, 0.3) is 10.9 Å². The minimum absolute atomic E-state index is 0.818. The maximum atomic E-state index is 5.81. The van der Waals surface area contributed by atoms with E-state index in [1.807, 2.05) is 0 Å². The van der Waals surface area contributed by atoms with Crippen LogP contribution in [-0.2, 0) is 6.54 Å². The van der Waals surface area contributed by atoms with Crippen molar-refractivity contribution >= 4 is 10.9 Å². The van der Waals surface area contributed by atoms with Crippen molar-refractivity contribution in [2.45, 2.75) is 53.0 Å². The van der Waals surface area contributed by atoms with E-state index in [9.17, 15) is 0 Å². The number of aromatic nitrogens is 1. The van der Waals surface area contributed by atoms with E-state index >= 15 is 0 Å². The van der Waals surface area contributed by atoms with Crippen LogP contribution >= 0.6 is 0 Å². The van der Waals surface area contributed by atoms with Gasteiger partial charge in [-0.1, -0.05) is 26.2 Å². The molecule has 1 aromatic carbocycles. The van der Waals surface area contributed by atoms with E-state index in [2.05, 4.69) is 49.6 Å². The van der Waals surface area contributed by atoms with Crippen LogP contribution in [0.1, 0.15) is 45.2 Å². The van der Waals surface area contributed by atoms with Gasteiger partial charge in [-0.05, 0) is 38.5 Å². The molecule has 1 radical (unpaired) electrons. The van der Waals surface area contributed by atoms with Crippen molar-refractivity contribution in [3.8, 4) is 5.75 Å². The Kier molecular flexibility index (Phi) is 4.89. The smallest absolute Gasteiger partial charge is 0.120 e. The van der Waals surface area contributed by atoms with E-state index in [0.29, 0.717) is 0 Å². The number of aryl methyl sites for hydroxylation is 2. The summed E-state index contributed by atoms with van der Waals surface area (Å²) in [4.78, 5) is 0. The number of fused-ring (bicyclic) bond motifs is 1. The van der Waals surface area contributed by atoms with E-state index < -0.39 is 0 Å². The third kappa shape index (κ3) is 3.31. The molecule has 0 fully saturated rings. The first-order valence-electron chi connectivity index (χ1n) is 7.41. The van der Waals surface area contributed by atoms with Gasteiger partial charge in [-0.15, -0.1) is 0 Å². The second-order valence-electron chi connectivity index (χ2n) is 5.04. The molecule has 19 heavy (non-hydrogen) atoms. The average molecular weight is 258 g/mol. The summed E-state index contributed by atoms with van der Waals surface area (Å²) in [6.45, 7) is 8.31. The summed E-state index contributed by atoms with van der Waals surface area (Å²) < 4.78 is 8.09. The van der Waals surface area contributed by atoms with Crippen LogP contribution in [0, 0.1) is 13.0 Å². The van der Waals surface area contributed by atoms with Crippen LogP contribution in [0.5, 0.6) is 5.75 Å². The highest BCUT2D eigenvalue weighted by Gasteiger charge is 2.05. The Morgan fingerprint density at radius 1 is 1.16 bits per heavy atom. The molecule has 0 amide bonds. The van der Waals surface area contributed by atoms with Crippen molar-refractivity contribution in [1.29, 1.82) is 0 Å². The summed E-state index contributed by atoms with van der Waals surface area (Å²) in [5, 5.41) is 1.16. The second kappa shape index (κ2) is 6.65. The van der Waals surface area contributed by atoms with Crippen molar-refractivity contribution in [2.24, 2.45) is 0 Å². The predicted octanol–water partition coefficient (Wildman–Crippen LogP) is 4.73. The fourth-order valence-electron chi connectivity index (χ4n) is 2.51. The Hall–Kier alpha value is -1.44. The van der Waals surface area contributed by atoms with Crippen molar-refractivity contribution in [1.82, 2.24) is 4.57 Å². The molecule has 2 heteroatoms. The molecule has 0 aliphatic carbocycles. The number of rotatable bonds is 7. The number of hydrogen-bond donors (Lipinski definition) is 0. The van der Waals surface area contributed by atoms with Gasteiger partial charge in [0, 0.05) is 29.2 Å². The van der Waals surface area contributed by atoms with Gasteiger partial charge in [0.25, 0.3) is 0 Å². The molecule has 0 aliphatic rings. The van der Waals surface area contributed by atoms with Gasteiger partial charge < -0.3 is 9.30 Å². The normalized spacial score (nSPS) is 11.1. The SMILES string of the molecule is CCCCCCOc1ccc2c([c]c(C)n2CC)c1. The highest BCUT2D eigenvalue weighted by molar-refractivity contribution is 5.82. The largest absolute Gasteiger partial charge is 0.494 e. The Morgan fingerprint density at radius 3 is 2.74 bits per heavy atom. The monoisotopic (exact) mass is 258 g/mol. The summed E-state index contributed by atoms with van der Waals surface area (Å²) in [5.41, 5.74) is 2.44. The summed E-state index contributed by atoms with van der Waals surface area (Å²) in [6, 6.07) is 9.73. The van der Waals surface area contributed by atoms with Crippen LogP contribution in [0.15, 0.2) is 18.2 Å². The number of hydrogen-bond acceptors (Lipinski definition) is 1. The van der Waals surface area contributed by atoms with E-state index in [0.717, 1.165) is 30.7 Å². The first-order valence-corrected chi connectivity index (χ1v) is 7.41. The van der Waals surface area contributed by atoms with E-state index in [1.54, 1.807) is 0 Å². The molecule has 2 rings (SSSR count). The Bertz CT molecular complexity index is 527. The average Bonchev–Trinajstić information content (AvgIpc) is 2.73. The van der Waals surface area contributed by atoms with Gasteiger partial charge in [0.05, 0.1) is 6.61 Å². The summed E-state index contributed by atoms with van der Waals surface area (Å²) in [6.07, 6.45) is 4.97. The summed E-state index contributed by atoms with van der Waals surface area (Å²) in [7, 11) is 0. The van der Waals surface area contributed by atoms with E-state index in [-0.39, 0.29) is 0 Å². The lowest BCUT2D eigenvalue weighted by Gasteiger charge is -2.07. The summed E-state index contributed by atoms with van der Waals surface area (Å²) in [5.74, 6) is 0.966. The molecule has 103 valence electrons. The van der Waals surface area contributed by atoms with Gasteiger partial charge in [0.1, 0.15) is 5.75 Å². The fraction of sp³-hybridized carbons (Fsp3) is 0.529. The molecule has 0 aliphatic heterocycles. The second-order valence-corrected chi connectivity index (χ2v) is 5.04. The molecule has 1 aromatic heterocycles. The zero-order valence-electron chi connectivity index (χ0n) is 12.3. The molecule has 2 nitrogen and oxygen atoms in total. The maximum Gasteiger partial charge on any atom is 0.120 e. The van der Waals surface area contributed by atoms with E-state index in [4.69, 9.17) is 4.74 Å². The van der Waals surface area contributed by atoms with Gasteiger partial charge >= 0.3 is 0 Å². The number of benzene rings is 1. The lowest BCUT2D eigenvalue weighted by atomic mass is 10.2. The molecule has 0 atom stereocenters. The molecule has 0 bridgehead atoms. The minimum Gasteiger partial charge on any atom is -0.494 e. The molecule has 0 N–H and O–H groups in total. The molecule has 0 unspecified atom stereocenters. The van der Waals surface area contributed by atoms with Gasteiger partial charge in [-0.2, -0.15) is 0 Å². The number of ether oxygens (including phenoxy) is 1. The van der Waals surface area contributed by atoms with Crippen molar-refractivity contribution in [2.75, 3.05) is 6.61 Å². The first kappa shape index (κ1) is 14.0. The first-order chi connectivity index (χ1) is 9.26. The highest BCUT2D eigenvalue weighted by Crippen LogP contribution is 2.24. The molecule has 2 aromatic rings. The molecule has 1 heterocycles. The number of nitrogens with zero attached hydrogens (tertiary/aromatic N) is 1.